The molecule has 4 nitrogen and oxygen atoms in total. The van der Waals surface area contributed by atoms with Crippen LogP contribution in [0.3, 0.4) is 0 Å². The van der Waals surface area contributed by atoms with E-state index in [4.69, 9.17) is 20.9 Å². The molecule has 0 aliphatic heterocycles. The molecular weight excluding hydrogens is 637 g/mol. The third-order valence-corrected chi connectivity index (χ3v) is 12.6. The first-order valence-electron chi connectivity index (χ1n) is 20.5. The zero-order valence-corrected chi connectivity index (χ0v) is 32.7. The highest BCUT2D eigenvalue weighted by Crippen LogP contribution is 2.52. The van der Waals surface area contributed by atoms with Gasteiger partial charge in [0.25, 0.3) is 0 Å². The summed E-state index contributed by atoms with van der Waals surface area (Å²) in [6.07, 6.45) is 20.6. The van der Waals surface area contributed by atoms with Crippen LogP contribution in [0.1, 0.15) is 137 Å². The Morgan fingerprint density at radius 3 is 1.46 bits per heavy atom. The fourth-order valence-electron chi connectivity index (χ4n) is 9.68. The van der Waals surface area contributed by atoms with E-state index in [1.165, 1.54) is 94.6 Å². The molecule has 0 bridgehead atoms. The molecule has 4 aromatic rings. The number of hydrogen-bond acceptors (Lipinski definition) is 4. The summed E-state index contributed by atoms with van der Waals surface area (Å²) in [6, 6.07) is 25.1. The van der Waals surface area contributed by atoms with Crippen molar-refractivity contribution >= 4 is 11.4 Å². The number of nitrogens with two attached hydrogens (primary N) is 2. The molecule has 2 aliphatic carbocycles. The predicted octanol–water partition coefficient (Wildman–Crippen LogP) is 13.7. The highest BCUT2D eigenvalue weighted by molar-refractivity contribution is 5.55. The Morgan fingerprint density at radius 1 is 0.558 bits per heavy atom. The summed E-state index contributed by atoms with van der Waals surface area (Å²) in [5.74, 6) is 6.07. The Bertz CT molecular complexity index is 1630. The van der Waals surface area contributed by atoms with Gasteiger partial charge in [0.15, 0.2) is 0 Å². The minimum Gasteiger partial charge on any atom is -0.457 e. The lowest BCUT2D eigenvalue weighted by atomic mass is 9.59. The number of nitrogen functional groups attached to an aromatic ring is 2. The summed E-state index contributed by atoms with van der Waals surface area (Å²) in [4.78, 5) is 0. The Balaban J connectivity index is 1.23. The van der Waals surface area contributed by atoms with Crippen LogP contribution in [0.25, 0.3) is 0 Å². The maximum absolute atomic E-state index is 6.47. The highest BCUT2D eigenvalue weighted by Gasteiger charge is 2.42. The molecule has 0 amide bonds. The zero-order chi connectivity index (χ0) is 36.7. The Kier molecular flexibility index (Phi) is 12.6. The van der Waals surface area contributed by atoms with Gasteiger partial charge in [-0.05, 0) is 142 Å². The normalized spacial score (nSPS) is 19.0. The number of unbranched alkanes of at least 4 members (excludes halogenated alkanes) is 5. The quantitative estimate of drug-likeness (QED) is 0.101. The number of hydrogen-bond donors (Lipinski definition) is 2. The van der Waals surface area contributed by atoms with Gasteiger partial charge in [0.05, 0.1) is 0 Å². The van der Waals surface area contributed by atoms with E-state index in [1.54, 1.807) is 0 Å². The van der Waals surface area contributed by atoms with Crippen LogP contribution in [0.4, 0.5) is 11.4 Å². The molecule has 278 valence electrons. The number of ether oxygens (including phenoxy) is 2. The molecule has 0 heterocycles. The summed E-state index contributed by atoms with van der Waals surface area (Å²) in [5.41, 5.74) is 21.0. The summed E-state index contributed by atoms with van der Waals surface area (Å²) < 4.78 is 12.9. The Labute approximate surface area is 314 Å². The number of benzene rings is 4. The van der Waals surface area contributed by atoms with Gasteiger partial charge in [0, 0.05) is 28.9 Å². The van der Waals surface area contributed by atoms with Crippen molar-refractivity contribution in [2.24, 2.45) is 17.8 Å². The van der Waals surface area contributed by atoms with Gasteiger partial charge < -0.3 is 20.9 Å². The minimum atomic E-state index is -0.0675. The summed E-state index contributed by atoms with van der Waals surface area (Å²) >= 11 is 0. The molecule has 4 aromatic carbocycles. The van der Waals surface area contributed by atoms with E-state index in [-0.39, 0.29) is 5.41 Å². The van der Waals surface area contributed by atoms with Gasteiger partial charge in [-0.1, -0.05) is 101 Å². The Morgan fingerprint density at radius 2 is 1.00 bits per heavy atom. The van der Waals surface area contributed by atoms with Crippen LogP contribution >= 0.6 is 0 Å². The molecule has 0 unspecified atom stereocenters. The van der Waals surface area contributed by atoms with Crippen LogP contribution in [0.2, 0.25) is 0 Å². The number of anilines is 2. The van der Waals surface area contributed by atoms with Crippen molar-refractivity contribution in [3.05, 3.63) is 106 Å². The first-order valence-corrected chi connectivity index (χ1v) is 20.5. The second-order valence-corrected chi connectivity index (χ2v) is 16.5. The van der Waals surface area contributed by atoms with Crippen molar-refractivity contribution in [2.75, 3.05) is 11.5 Å². The fourth-order valence-corrected chi connectivity index (χ4v) is 9.68. The molecule has 4 heteroatoms. The van der Waals surface area contributed by atoms with Gasteiger partial charge in [-0.15, -0.1) is 0 Å². The van der Waals surface area contributed by atoms with E-state index in [0.717, 1.165) is 75.8 Å². The van der Waals surface area contributed by atoms with Crippen molar-refractivity contribution < 1.29 is 9.47 Å². The standard InChI is InChI=1S/C48H64N2O2/c1-6-7-8-9-10-11-14-37-19-21-38(22-20-37)39-23-25-48(26-24-39,40-27-33(2)46(34(3)28-40)51-44-17-12-15-42(49)31-44)41-29-35(4)47(36(5)30-41)52-45-18-13-16-43(50)32-45/h12-13,15-18,27-32,37-39H,6-11,14,19-26,49-50H2,1-5H3. The van der Waals surface area contributed by atoms with Crippen molar-refractivity contribution in [2.45, 2.75) is 136 Å². The monoisotopic (exact) mass is 700 g/mol. The van der Waals surface area contributed by atoms with E-state index in [1.807, 2.05) is 48.5 Å². The molecule has 2 aliphatic rings. The van der Waals surface area contributed by atoms with Gasteiger partial charge in [-0.2, -0.15) is 0 Å². The second-order valence-electron chi connectivity index (χ2n) is 16.5. The van der Waals surface area contributed by atoms with Gasteiger partial charge >= 0.3 is 0 Å². The number of rotatable bonds is 14. The van der Waals surface area contributed by atoms with Crippen LogP contribution in [-0.2, 0) is 5.41 Å². The summed E-state index contributed by atoms with van der Waals surface area (Å²) in [5, 5.41) is 0. The fraction of sp³-hybridized carbons (Fsp3) is 0.500. The average molecular weight is 701 g/mol. The van der Waals surface area contributed by atoms with E-state index in [9.17, 15) is 0 Å². The minimum absolute atomic E-state index is 0.0675. The molecule has 52 heavy (non-hydrogen) atoms. The topological polar surface area (TPSA) is 70.5 Å². The van der Waals surface area contributed by atoms with Crippen LogP contribution in [0.5, 0.6) is 23.0 Å². The molecule has 4 N–H and O–H groups in total. The average Bonchev–Trinajstić information content (AvgIpc) is 3.13. The third kappa shape index (κ3) is 8.99. The van der Waals surface area contributed by atoms with Crippen molar-refractivity contribution in [1.29, 1.82) is 0 Å². The smallest absolute Gasteiger partial charge is 0.133 e. The molecule has 6 rings (SSSR count). The van der Waals surface area contributed by atoms with E-state index >= 15 is 0 Å². The summed E-state index contributed by atoms with van der Waals surface area (Å²) in [6.45, 7) is 11.1. The molecular formula is C48H64N2O2. The predicted molar refractivity (Wildman–Crippen MR) is 220 cm³/mol. The lowest BCUT2D eigenvalue weighted by Crippen LogP contribution is -2.36. The van der Waals surface area contributed by atoms with Crippen LogP contribution in [0, 0.1) is 45.4 Å². The van der Waals surface area contributed by atoms with Gasteiger partial charge in [-0.3, -0.25) is 0 Å². The molecule has 0 spiro atoms. The zero-order valence-electron chi connectivity index (χ0n) is 32.7. The SMILES string of the molecule is CCCCCCCCC1CCC(C2CCC(c3cc(C)c(Oc4cccc(N)c4)c(C)c3)(c3cc(C)c(Oc4cccc(N)c4)c(C)c3)CC2)CC1. The lowest BCUT2D eigenvalue weighted by molar-refractivity contribution is 0.140. The van der Waals surface area contributed by atoms with Crippen LogP contribution in [0.15, 0.2) is 72.8 Å². The maximum atomic E-state index is 6.47. The second kappa shape index (κ2) is 17.3. The van der Waals surface area contributed by atoms with Crippen LogP contribution in [-0.4, -0.2) is 0 Å². The van der Waals surface area contributed by atoms with E-state index < -0.39 is 0 Å². The van der Waals surface area contributed by atoms with E-state index in [2.05, 4.69) is 58.9 Å². The first kappa shape index (κ1) is 37.8. The molecule has 0 atom stereocenters. The van der Waals surface area contributed by atoms with Crippen LogP contribution < -0.4 is 20.9 Å². The van der Waals surface area contributed by atoms with Gasteiger partial charge in [-0.25, -0.2) is 0 Å². The van der Waals surface area contributed by atoms with E-state index in [0.29, 0.717) is 11.4 Å². The van der Waals surface area contributed by atoms with Crippen molar-refractivity contribution in [3.8, 4) is 23.0 Å². The first-order chi connectivity index (χ1) is 25.1. The third-order valence-electron chi connectivity index (χ3n) is 12.6. The van der Waals surface area contributed by atoms with Gasteiger partial charge in [0.2, 0.25) is 0 Å². The van der Waals surface area contributed by atoms with Crippen molar-refractivity contribution in [3.63, 3.8) is 0 Å². The van der Waals surface area contributed by atoms with Gasteiger partial charge in [0.1, 0.15) is 23.0 Å². The number of aryl methyl sites for hydroxylation is 4. The molecule has 0 radical (unpaired) electrons. The van der Waals surface area contributed by atoms with Crippen molar-refractivity contribution in [1.82, 2.24) is 0 Å². The molecule has 2 saturated carbocycles. The molecule has 2 fully saturated rings. The molecule has 0 aromatic heterocycles. The lowest BCUT2D eigenvalue weighted by Gasteiger charge is -2.45. The highest BCUT2D eigenvalue weighted by atomic mass is 16.5. The Hall–Kier alpha value is -3.92. The largest absolute Gasteiger partial charge is 0.457 e. The molecule has 0 saturated heterocycles. The maximum Gasteiger partial charge on any atom is 0.133 e. The summed E-state index contributed by atoms with van der Waals surface area (Å²) in [7, 11) is 0.